The predicted molar refractivity (Wildman–Crippen MR) is 68.8 cm³/mol. The first kappa shape index (κ1) is 15.4. The Morgan fingerprint density at radius 2 is 2.00 bits per heavy atom. The standard InChI is InChI=1S/C13H18F2N2O2/c1-8(2)13(3,19)7-16-12(18)17-9-4-5-10(14)11(15)6-9/h4-6,8,19H,7H2,1-3H3,(H2,16,17,18). The van der Waals surface area contributed by atoms with Crippen LogP contribution in [0.25, 0.3) is 0 Å². The van der Waals surface area contributed by atoms with E-state index in [2.05, 4.69) is 10.6 Å². The number of hydrogen-bond donors (Lipinski definition) is 3. The van der Waals surface area contributed by atoms with Gasteiger partial charge in [-0.25, -0.2) is 13.6 Å². The average molecular weight is 272 g/mol. The zero-order valence-corrected chi connectivity index (χ0v) is 11.1. The lowest BCUT2D eigenvalue weighted by molar-refractivity contribution is 0.0170. The second-order valence-corrected chi connectivity index (χ2v) is 4.95. The summed E-state index contributed by atoms with van der Waals surface area (Å²) in [5.74, 6) is -2.04. The van der Waals surface area contributed by atoms with Crippen molar-refractivity contribution in [2.75, 3.05) is 11.9 Å². The summed E-state index contributed by atoms with van der Waals surface area (Å²) >= 11 is 0. The van der Waals surface area contributed by atoms with Crippen LogP contribution in [-0.4, -0.2) is 23.3 Å². The van der Waals surface area contributed by atoms with Crippen LogP contribution in [0.15, 0.2) is 18.2 Å². The molecule has 0 aliphatic heterocycles. The number of carbonyl (C=O) groups is 1. The molecule has 0 aliphatic rings. The molecule has 0 bridgehead atoms. The van der Waals surface area contributed by atoms with Crippen molar-refractivity contribution in [1.82, 2.24) is 5.32 Å². The first-order valence-corrected chi connectivity index (χ1v) is 5.94. The Bertz CT molecular complexity index is 462. The number of halogens is 2. The maximum absolute atomic E-state index is 12.9. The van der Waals surface area contributed by atoms with Gasteiger partial charge in [0, 0.05) is 18.3 Å². The van der Waals surface area contributed by atoms with Crippen LogP contribution in [0.5, 0.6) is 0 Å². The number of aliphatic hydroxyl groups is 1. The lowest BCUT2D eigenvalue weighted by Crippen LogP contribution is -2.45. The zero-order chi connectivity index (χ0) is 14.6. The van der Waals surface area contributed by atoms with Crippen molar-refractivity contribution >= 4 is 11.7 Å². The molecule has 4 nitrogen and oxygen atoms in total. The summed E-state index contributed by atoms with van der Waals surface area (Å²) in [6.07, 6.45) is 0. The molecule has 1 rings (SSSR count). The van der Waals surface area contributed by atoms with Crippen LogP contribution in [0.4, 0.5) is 19.3 Å². The highest BCUT2D eigenvalue weighted by atomic mass is 19.2. The summed E-state index contributed by atoms with van der Waals surface area (Å²) in [6, 6.07) is 2.47. The maximum atomic E-state index is 12.9. The largest absolute Gasteiger partial charge is 0.388 e. The summed E-state index contributed by atoms with van der Waals surface area (Å²) in [5, 5.41) is 14.8. The lowest BCUT2D eigenvalue weighted by Gasteiger charge is -2.27. The highest BCUT2D eigenvalue weighted by molar-refractivity contribution is 5.89. The van der Waals surface area contributed by atoms with Crippen LogP contribution in [0.1, 0.15) is 20.8 Å². The van der Waals surface area contributed by atoms with Gasteiger partial charge in [-0.1, -0.05) is 13.8 Å². The molecule has 0 radical (unpaired) electrons. The van der Waals surface area contributed by atoms with E-state index in [4.69, 9.17) is 0 Å². The summed E-state index contributed by atoms with van der Waals surface area (Å²) in [7, 11) is 0. The number of anilines is 1. The Labute approximate surface area is 110 Å². The normalized spacial score (nSPS) is 14.1. The van der Waals surface area contributed by atoms with Crippen LogP contribution in [0, 0.1) is 17.6 Å². The minimum absolute atomic E-state index is 0.0314. The van der Waals surface area contributed by atoms with E-state index < -0.39 is 23.3 Å². The van der Waals surface area contributed by atoms with E-state index >= 15 is 0 Å². The number of carbonyl (C=O) groups excluding carboxylic acids is 1. The molecular formula is C13H18F2N2O2. The van der Waals surface area contributed by atoms with Crippen LogP contribution in [-0.2, 0) is 0 Å². The van der Waals surface area contributed by atoms with Gasteiger partial charge in [-0.2, -0.15) is 0 Å². The molecule has 0 saturated heterocycles. The Hall–Kier alpha value is -1.69. The van der Waals surface area contributed by atoms with E-state index in [1.54, 1.807) is 6.92 Å². The Morgan fingerprint density at radius 3 is 2.53 bits per heavy atom. The van der Waals surface area contributed by atoms with Gasteiger partial charge in [-0.3, -0.25) is 0 Å². The topological polar surface area (TPSA) is 61.4 Å². The number of benzene rings is 1. The van der Waals surface area contributed by atoms with Gasteiger partial charge < -0.3 is 15.7 Å². The molecule has 19 heavy (non-hydrogen) atoms. The van der Waals surface area contributed by atoms with E-state index in [-0.39, 0.29) is 18.2 Å². The predicted octanol–water partition coefficient (Wildman–Crippen LogP) is 2.49. The molecule has 3 N–H and O–H groups in total. The van der Waals surface area contributed by atoms with Crippen LogP contribution in [0.2, 0.25) is 0 Å². The van der Waals surface area contributed by atoms with Crippen molar-refractivity contribution in [3.8, 4) is 0 Å². The fourth-order valence-electron chi connectivity index (χ4n) is 1.21. The first-order valence-electron chi connectivity index (χ1n) is 5.94. The van der Waals surface area contributed by atoms with Crippen molar-refractivity contribution in [3.05, 3.63) is 29.8 Å². The van der Waals surface area contributed by atoms with E-state index in [1.807, 2.05) is 13.8 Å². The van der Waals surface area contributed by atoms with Gasteiger partial charge in [0.15, 0.2) is 11.6 Å². The number of rotatable bonds is 4. The van der Waals surface area contributed by atoms with Gasteiger partial charge >= 0.3 is 6.03 Å². The van der Waals surface area contributed by atoms with Crippen LogP contribution in [0.3, 0.4) is 0 Å². The highest BCUT2D eigenvalue weighted by Crippen LogP contribution is 2.15. The number of nitrogens with one attached hydrogen (secondary N) is 2. The lowest BCUT2D eigenvalue weighted by atomic mass is 9.93. The second-order valence-electron chi connectivity index (χ2n) is 4.95. The highest BCUT2D eigenvalue weighted by Gasteiger charge is 2.25. The molecule has 0 saturated carbocycles. The van der Waals surface area contributed by atoms with Crippen molar-refractivity contribution in [1.29, 1.82) is 0 Å². The van der Waals surface area contributed by atoms with E-state index in [0.717, 1.165) is 12.1 Å². The molecular weight excluding hydrogens is 254 g/mol. The van der Waals surface area contributed by atoms with Crippen LogP contribution >= 0.6 is 0 Å². The zero-order valence-electron chi connectivity index (χ0n) is 11.1. The second kappa shape index (κ2) is 5.97. The fraction of sp³-hybridized carbons (Fsp3) is 0.462. The fourth-order valence-corrected chi connectivity index (χ4v) is 1.21. The quantitative estimate of drug-likeness (QED) is 0.788. The summed E-state index contributed by atoms with van der Waals surface area (Å²) in [6.45, 7) is 5.32. The van der Waals surface area contributed by atoms with Crippen molar-refractivity contribution in [3.63, 3.8) is 0 Å². The van der Waals surface area contributed by atoms with E-state index in [1.165, 1.54) is 6.07 Å². The molecule has 0 fully saturated rings. The van der Waals surface area contributed by atoms with Gasteiger partial charge in [0.1, 0.15) is 0 Å². The van der Waals surface area contributed by atoms with Gasteiger partial charge in [-0.05, 0) is 25.0 Å². The molecule has 0 heterocycles. The van der Waals surface area contributed by atoms with Gasteiger partial charge in [0.25, 0.3) is 0 Å². The Kier molecular flexibility index (Phi) is 4.83. The molecule has 1 unspecified atom stereocenters. The first-order chi connectivity index (χ1) is 8.72. The van der Waals surface area contributed by atoms with Gasteiger partial charge in [0.05, 0.1) is 5.60 Å². The third-order valence-electron chi connectivity index (χ3n) is 3.03. The average Bonchev–Trinajstić information content (AvgIpc) is 2.31. The van der Waals surface area contributed by atoms with E-state index in [9.17, 15) is 18.7 Å². The molecule has 0 aliphatic carbocycles. The summed E-state index contributed by atoms with van der Waals surface area (Å²) < 4.78 is 25.6. The minimum Gasteiger partial charge on any atom is -0.388 e. The number of amides is 2. The molecule has 1 atom stereocenters. The number of hydrogen-bond acceptors (Lipinski definition) is 2. The molecule has 1 aromatic carbocycles. The minimum atomic E-state index is -1.04. The third kappa shape index (κ3) is 4.48. The summed E-state index contributed by atoms with van der Waals surface area (Å²) in [4.78, 5) is 11.5. The van der Waals surface area contributed by atoms with Gasteiger partial charge in [0.2, 0.25) is 0 Å². The Morgan fingerprint density at radius 1 is 1.37 bits per heavy atom. The molecule has 6 heteroatoms. The van der Waals surface area contributed by atoms with Crippen molar-refractivity contribution < 1.29 is 18.7 Å². The maximum Gasteiger partial charge on any atom is 0.319 e. The SMILES string of the molecule is CC(C)C(C)(O)CNC(=O)Nc1ccc(F)c(F)c1. The Balaban J connectivity index is 2.54. The van der Waals surface area contributed by atoms with Gasteiger partial charge in [-0.15, -0.1) is 0 Å². The van der Waals surface area contributed by atoms with Crippen LogP contribution < -0.4 is 10.6 Å². The van der Waals surface area contributed by atoms with E-state index in [0.29, 0.717) is 0 Å². The molecule has 1 aromatic rings. The monoisotopic (exact) mass is 272 g/mol. The molecule has 0 spiro atoms. The molecule has 106 valence electrons. The smallest absolute Gasteiger partial charge is 0.319 e. The van der Waals surface area contributed by atoms with Crippen molar-refractivity contribution in [2.24, 2.45) is 5.92 Å². The van der Waals surface area contributed by atoms with Crippen molar-refractivity contribution in [2.45, 2.75) is 26.4 Å². The number of urea groups is 1. The summed E-state index contributed by atoms with van der Waals surface area (Å²) in [5.41, 5.74) is -0.897. The molecule has 0 aromatic heterocycles. The third-order valence-corrected chi connectivity index (χ3v) is 3.03. The molecule has 2 amide bonds.